The summed E-state index contributed by atoms with van der Waals surface area (Å²) in [5.74, 6) is 0.175. The number of ketones is 1. The van der Waals surface area contributed by atoms with Crippen LogP contribution in [0.15, 0.2) is 46.9 Å². The normalized spacial score (nSPS) is 10.8. The summed E-state index contributed by atoms with van der Waals surface area (Å²) in [6.07, 6.45) is 0.278. The fraction of sp³-hybridized carbons (Fsp3) is 0.235. The van der Waals surface area contributed by atoms with Gasteiger partial charge in [0, 0.05) is 12.0 Å². The standard InChI is InChI=1S/C17H16BrFO/c1-11(2)13-4-6-14(7-5-13)17(20)10-12-3-8-16(19)15(18)9-12/h3-9,11H,10H2,1-2H3. The molecule has 0 saturated carbocycles. The summed E-state index contributed by atoms with van der Waals surface area (Å²) < 4.78 is 13.5. The highest BCUT2D eigenvalue weighted by atomic mass is 79.9. The van der Waals surface area contributed by atoms with Crippen molar-refractivity contribution in [3.05, 3.63) is 69.4 Å². The molecule has 0 amide bonds. The molecule has 2 rings (SSSR count). The highest BCUT2D eigenvalue weighted by molar-refractivity contribution is 9.10. The van der Waals surface area contributed by atoms with Gasteiger partial charge in [-0.25, -0.2) is 4.39 Å². The second-order valence-corrected chi connectivity index (χ2v) is 5.98. The molecule has 0 aromatic heterocycles. The van der Waals surface area contributed by atoms with Gasteiger partial charge in [-0.2, -0.15) is 0 Å². The van der Waals surface area contributed by atoms with Crippen molar-refractivity contribution in [2.24, 2.45) is 0 Å². The highest BCUT2D eigenvalue weighted by Crippen LogP contribution is 2.19. The summed E-state index contributed by atoms with van der Waals surface area (Å²) in [5.41, 5.74) is 2.71. The monoisotopic (exact) mass is 334 g/mol. The van der Waals surface area contributed by atoms with Crippen molar-refractivity contribution in [3.8, 4) is 0 Å². The van der Waals surface area contributed by atoms with Crippen molar-refractivity contribution in [1.82, 2.24) is 0 Å². The third kappa shape index (κ3) is 3.54. The van der Waals surface area contributed by atoms with Crippen LogP contribution in [0, 0.1) is 5.82 Å². The summed E-state index contributed by atoms with van der Waals surface area (Å²) in [7, 11) is 0. The van der Waals surface area contributed by atoms with Crippen molar-refractivity contribution >= 4 is 21.7 Å². The zero-order chi connectivity index (χ0) is 14.7. The summed E-state index contributed by atoms with van der Waals surface area (Å²) >= 11 is 3.13. The first-order valence-electron chi connectivity index (χ1n) is 6.54. The summed E-state index contributed by atoms with van der Waals surface area (Å²) in [6, 6.07) is 12.3. The Hall–Kier alpha value is -1.48. The van der Waals surface area contributed by atoms with Gasteiger partial charge in [0.2, 0.25) is 0 Å². The fourth-order valence-corrected chi connectivity index (χ4v) is 2.42. The molecule has 104 valence electrons. The lowest BCUT2D eigenvalue weighted by atomic mass is 9.98. The Morgan fingerprint density at radius 1 is 1.15 bits per heavy atom. The molecule has 0 atom stereocenters. The Labute approximate surface area is 127 Å². The fourth-order valence-electron chi connectivity index (χ4n) is 1.99. The number of carbonyl (C=O) groups is 1. The Morgan fingerprint density at radius 2 is 1.80 bits per heavy atom. The van der Waals surface area contributed by atoms with Crippen LogP contribution in [0.1, 0.15) is 41.3 Å². The van der Waals surface area contributed by atoms with Gasteiger partial charge in [0.05, 0.1) is 4.47 Å². The molecule has 2 aromatic rings. The molecule has 0 bridgehead atoms. The van der Waals surface area contributed by atoms with E-state index in [0.717, 1.165) is 5.56 Å². The zero-order valence-electron chi connectivity index (χ0n) is 11.5. The molecule has 0 spiro atoms. The van der Waals surface area contributed by atoms with E-state index in [0.29, 0.717) is 16.0 Å². The Morgan fingerprint density at radius 3 is 2.35 bits per heavy atom. The van der Waals surface area contributed by atoms with Gasteiger partial charge in [0.1, 0.15) is 5.82 Å². The molecule has 0 aliphatic rings. The minimum absolute atomic E-state index is 0.0406. The Kier molecular flexibility index (Phi) is 4.71. The number of hydrogen-bond acceptors (Lipinski definition) is 1. The molecule has 0 radical (unpaired) electrons. The van der Waals surface area contributed by atoms with Gasteiger partial charge in [-0.15, -0.1) is 0 Å². The topological polar surface area (TPSA) is 17.1 Å². The molecule has 20 heavy (non-hydrogen) atoms. The van der Waals surface area contributed by atoms with E-state index in [9.17, 15) is 9.18 Å². The molecule has 0 unspecified atom stereocenters. The first-order chi connectivity index (χ1) is 9.47. The number of rotatable bonds is 4. The van der Waals surface area contributed by atoms with E-state index in [1.807, 2.05) is 24.3 Å². The van der Waals surface area contributed by atoms with Crippen LogP contribution in [0.2, 0.25) is 0 Å². The van der Waals surface area contributed by atoms with Gasteiger partial charge >= 0.3 is 0 Å². The third-order valence-electron chi connectivity index (χ3n) is 3.25. The summed E-state index contributed by atoms with van der Waals surface area (Å²) in [4.78, 5) is 12.2. The molecule has 1 nitrogen and oxygen atoms in total. The van der Waals surface area contributed by atoms with Gasteiger partial charge in [-0.3, -0.25) is 4.79 Å². The van der Waals surface area contributed by atoms with Crippen LogP contribution < -0.4 is 0 Å². The average Bonchev–Trinajstić information content (AvgIpc) is 2.43. The molecular formula is C17H16BrFO. The van der Waals surface area contributed by atoms with Crippen LogP contribution in [-0.2, 0) is 6.42 Å². The number of halogens is 2. The molecule has 0 aliphatic carbocycles. The van der Waals surface area contributed by atoms with E-state index in [2.05, 4.69) is 29.8 Å². The minimum Gasteiger partial charge on any atom is -0.294 e. The predicted molar refractivity (Wildman–Crippen MR) is 82.7 cm³/mol. The number of hydrogen-bond donors (Lipinski definition) is 0. The SMILES string of the molecule is CC(C)c1ccc(C(=O)Cc2ccc(F)c(Br)c2)cc1. The summed E-state index contributed by atoms with van der Waals surface area (Å²) in [5, 5.41) is 0. The van der Waals surface area contributed by atoms with Crippen LogP contribution >= 0.6 is 15.9 Å². The quantitative estimate of drug-likeness (QED) is 0.707. The molecule has 0 fully saturated rings. The van der Waals surface area contributed by atoms with E-state index in [1.165, 1.54) is 11.6 Å². The molecule has 3 heteroatoms. The molecule has 0 N–H and O–H groups in total. The van der Waals surface area contributed by atoms with Crippen molar-refractivity contribution < 1.29 is 9.18 Å². The molecular weight excluding hydrogens is 319 g/mol. The van der Waals surface area contributed by atoms with Crippen LogP contribution in [0.25, 0.3) is 0 Å². The Bertz CT molecular complexity index is 617. The third-order valence-corrected chi connectivity index (χ3v) is 3.86. The number of carbonyl (C=O) groups excluding carboxylic acids is 1. The minimum atomic E-state index is -0.317. The molecule has 2 aromatic carbocycles. The van der Waals surface area contributed by atoms with E-state index < -0.39 is 0 Å². The lowest BCUT2D eigenvalue weighted by Crippen LogP contribution is -2.04. The van der Waals surface area contributed by atoms with Gasteiger partial charge in [-0.05, 0) is 45.1 Å². The van der Waals surface area contributed by atoms with Crippen molar-refractivity contribution in [3.63, 3.8) is 0 Å². The van der Waals surface area contributed by atoms with Crippen LogP contribution in [0.4, 0.5) is 4.39 Å². The van der Waals surface area contributed by atoms with Crippen LogP contribution in [0.5, 0.6) is 0 Å². The van der Waals surface area contributed by atoms with Crippen LogP contribution in [0.3, 0.4) is 0 Å². The van der Waals surface area contributed by atoms with Crippen molar-refractivity contribution in [2.75, 3.05) is 0 Å². The van der Waals surface area contributed by atoms with Crippen molar-refractivity contribution in [2.45, 2.75) is 26.2 Å². The van der Waals surface area contributed by atoms with Gasteiger partial charge in [0.25, 0.3) is 0 Å². The lowest BCUT2D eigenvalue weighted by Gasteiger charge is -2.07. The second-order valence-electron chi connectivity index (χ2n) is 5.13. The maximum absolute atomic E-state index is 13.1. The van der Waals surface area contributed by atoms with E-state index in [4.69, 9.17) is 0 Å². The average molecular weight is 335 g/mol. The van der Waals surface area contributed by atoms with E-state index in [-0.39, 0.29) is 18.0 Å². The predicted octanol–water partition coefficient (Wildman–Crippen LogP) is 5.14. The van der Waals surface area contributed by atoms with E-state index in [1.54, 1.807) is 12.1 Å². The first kappa shape index (κ1) is 14.9. The van der Waals surface area contributed by atoms with Crippen molar-refractivity contribution in [1.29, 1.82) is 0 Å². The molecule has 0 saturated heterocycles. The second kappa shape index (κ2) is 6.31. The first-order valence-corrected chi connectivity index (χ1v) is 7.33. The van der Waals surface area contributed by atoms with Crippen LogP contribution in [-0.4, -0.2) is 5.78 Å². The maximum Gasteiger partial charge on any atom is 0.167 e. The largest absolute Gasteiger partial charge is 0.294 e. The molecule has 0 aliphatic heterocycles. The molecule has 0 heterocycles. The number of Topliss-reactive ketones (excluding diaryl/α,β-unsaturated/α-hetero) is 1. The van der Waals surface area contributed by atoms with Gasteiger partial charge in [0.15, 0.2) is 5.78 Å². The smallest absolute Gasteiger partial charge is 0.167 e. The lowest BCUT2D eigenvalue weighted by molar-refractivity contribution is 0.0993. The van der Waals surface area contributed by atoms with Gasteiger partial charge < -0.3 is 0 Å². The maximum atomic E-state index is 13.1. The highest BCUT2D eigenvalue weighted by Gasteiger charge is 2.09. The van der Waals surface area contributed by atoms with E-state index >= 15 is 0 Å². The summed E-state index contributed by atoms with van der Waals surface area (Å²) in [6.45, 7) is 4.24. The van der Waals surface area contributed by atoms with Gasteiger partial charge in [-0.1, -0.05) is 44.2 Å². The number of benzene rings is 2. The zero-order valence-corrected chi connectivity index (χ0v) is 13.1. The Balaban J connectivity index is 2.13.